The number of hydrogen-bond donors (Lipinski definition) is 0. The van der Waals surface area contributed by atoms with Gasteiger partial charge >= 0.3 is 13.3 Å². The molecule has 0 aromatic heterocycles. The van der Waals surface area contributed by atoms with Crippen molar-refractivity contribution in [1.29, 1.82) is 0 Å². The second-order valence-corrected chi connectivity index (χ2v) is 13.4. The van der Waals surface area contributed by atoms with Crippen molar-refractivity contribution in [3.63, 3.8) is 0 Å². The van der Waals surface area contributed by atoms with Gasteiger partial charge in [-0.1, -0.05) is 62.3 Å². The number of alkyl halides is 3. The zero-order valence-corrected chi connectivity index (χ0v) is 17.9. The number of halogens is 3. The smallest absolute Gasteiger partial charge is 0.399 e. The first-order chi connectivity index (χ1) is 11.8. The van der Waals surface area contributed by atoms with Crippen LogP contribution in [0.1, 0.15) is 54.0 Å². The summed E-state index contributed by atoms with van der Waals surface area (Å²) in [5.74, 6) is 0. The fraction of sp³-hybridized carbons (Fsp3) is 0.684. The Morgan fingerprint density at radius 2 is 1.38 bits per heavy atom. The standard InChI is InChI=1S/C19H30BF3O2Si/c1-8-26(9-2,10-3)16-13-14(19(21,22)23)11-12-15(16)20-24-17(4,5)18(6,7)25-20/h11-13H,8-10H2,1-7H3. The number of hydrogen-bond acceptors (Lipinski definition) is 2. The Bertz CT molecular complexity index is 630. The SMILES string of the molecule is CC[Si](CC)(CC)c1cc(C(F)(F)F)ccc1B1OC(C)(C)C(C)(C)O1. The third-order valence-corrected chi connectivity index (χ3v) is 12.1. The van der Waals surface area contributed by atoms with Gasteiger partial charge in [0.15, 0.2) is 0 Å². The monoisotopic (exact) mass is 386 g/mol. The van der Waals surface area contributed by atoms with Crippen LogP contribution in [0.2, 0.25) is 18.1 Å². The van der Waals surface area contributed by atoms with E-state index in [-0.39, 0.29) is 0 Å². The van der Waals surface area contributed by atoms with Gasteiger partial charge in [0, 0.05) is 0 Å². The lowest BCUT2D eigenvalue weighted by molar-refractivity contribution is -0.137. The molecule has 1 fully saturated rings. The lowest BCUT2D eigenvalue weighted by Gasteiger charge is -2.32. The summed E-state index contributed by atoms with van der Waals surface area (Å²) < 4.78 is 52.5. The van der Waals surface area contributed by atoms with E-state index in [1.807, 2.05) is 27.7 Å². The second-order valence-electron chi connectivity index (χ2n) is 8.23. The van der Waals surface area contributed by atoms with E-state index >= 15 is 0 Å². The quantitative estimate of drug-likeness (QED) is 0.682. The van der Waals surface area contributed by atoms with Crippen molar-refractivity contribution in [3.8, 4) is 0 Å². The van der Waals surface area contributed by atoms with E-state index in [1.54, 1.807) is 6.07 Å². The summed E-state index contributed by atoms with van der Waals surface area (Å²) in [6.45, 7) is 14.1. The molecule has 0 radical (unpaired) electrons. The Kier molecular flexibility index (Phi) is 5.78. The minimum atomic E-state index is -4.35. The first-order valence-electron chi connectivity index (χ1n) is 9.41. The van der Waals surface area contributed by atoms with Crippen LogP contribution in [-0.2, 0) is 15.5 Å². The van der Waals surface area contributed by atoms with Crippen molar-refractivity contribution >= 4 is 25.8 Å². The molecule has 0 saturated carbocycles. The van der Waals surface area contributed by atoms with Crippen molar-refractivity contribution in [3.05, 3.63) is 23.8 Å². The van der Waals surface area contributed by atoms with Gasteiger partial charge < -0.3 is 9.31 Å². The summed E-state index contributed by atoms with van der Waals surface area (Å²) in [6, 6.07) is 6.78. The molecule has 26 heavy (non-hydrogen) atoms. The maximum Gasteiger partial charge on any atom is 0.494 e. The number of benzene rings is 1. The third-order valence-electron chi connectivity index (χ3n) is 6.49. The summed E-state index contributed by atoms with van der Waals surface area (Å²) in [6.07, 6.45) is -4.35. The molecular formula is C19H30BF3O2Si. The van der Waals surface area contributed by atoms with Crippen molar-refractivity contribution in [2.45, 2.75) is 84.0 Å². The van der Waals surface area contributed by atoms with Crippen molar-refractivity contribution < 1.29 is 22.5 Å². The molecule has 0 N–H and O–H groups in total. The highest BCUT2D eigenvalue weighted by Gasteiger charge is 2.53. The molecule has 1 saturated heterocycles. The minimum absolute atomic E-state index is 0.521. The number of rotatable bonds is 5. The highest BCUT2D eigenvalue weighted by molar-refractivity contribution is 6.95. The van der Waals surface area contributed by atoms with Crippen LogP contribution in [0.4, 0.5) is 13.2 Å². The van der Waals surface area contributed by atoms with E-state index < -0.39 is 38.1 Å². The van der Waals surface area contributed by atoms with Crippen LogP contribution in [0.5, 0.6) is 0 Å². The largest absolute Gasteiger partial charge is 0.494 e. The predicted octanol–water partition coefficient (Wildman–Crippen LogP) is 4.72. The van der Waals surface area contributed by atoms with Gasteiger partial charge in [-0.25, -0.2) is 0 Å². The Balaban J connectivity index is 2.64. The van der Waals surface area contributed by atoms with Gasteiger partial charge in [-0.05, 0) is 33.2 Å². The van der Waals surface area contributed by atoms with E-state index in [9.17, 15) is 13.2 Å². The molecule has 0 amide bonds. The molecule has 0 unspecified atom stereocenters. The molecule has 146 valence electrons. The molecular weight excluding hydrogens is 356 g/mol. The van der Waals surface area contributed by atoms with Crippen molar-refractivity contribution in [1.82, 2.24) is 0 Å². The lowest BCUT2D eigenvalue weighted by atomic mass is 9.78. The molecule has 2 nitrogen and oxygen atoms in total. The van der Waals surface area contributed by atoms with Crippen LogP contribution in [-0.4, -0.2) is 26.4 Å². The van der Waals surface area contributed by atoms with E-state index in [1.165, 1.54) is 6.07 Å². The van der Waals surface area contributed by atoms with Crippen LogP contribution in [0.3, 0.4) is 0 Å². The Morgan fingerprint density at radius 1 is 0.923 bits per heavy atom. The summed E-state index contributed by atoms with van der Waals surface area (Å²) in [7, 11) is -2.70. The highest BCUT2D eigenvalue weighted by atomic mass is 28.3. The van der Waals surface area contributed by atoms with Gasteiger partial charge in [0.05, 0.1) is 24.8 Å². The molecule has 1 aromatic carbocycles. The summed E-state index contributed by atoms with van der Waals surface area (Å²) in [4.78, 5) is 0. The third kappa shape index (κ3) is 3.62. The zero-order valence-electron chi connectivity index (χ0n) is 16.9. The normalized spacial score (nSPS) is 19.8. The first kappa shape index (κ1) is 21.5. The predicted molar refractivity (Wildman–Crippen MR) is 104 cm³/mol. The lowest BCUT2D eigenvalue weighted by Crippen LogP contribution is -2.58. The highest BCUT2D eigenvalue weighted by Crippen LogP contribution is 2.37. The first-order valence-corrected chi connectivity index (χ1v) is 12.0. The minimum Gasteiger partial charge on any atom is -0.399 e. The van der Waals surface area contributed by atoms with Crippen LogP contribution < -0.4 is 10.6 Å². The topological polar surface area (TPSA) is 18.5 Å². The maximum atomic E-state index is 13.4. The van der Waals surface area contributed by atoms with E-state index in [4.69, 9.17) is 9.31 Å². The van der Waals surface area contributed by atoms with Crippen LogP contribution >= 0.6 is 0 Å². The van der Waals surface area contributed by atoms with Gasteiger partial charge in [0.2, 0.25) is 0 Å². The van der Waals surface area contributed by atoms with Crippen LogP contribution in [0.25, 0.3) is 0 Å². The van der Waals surface area contributed by atoms with Gasteiger partial charge in [-0.3, -0.25) is 0 Å². The fourth-order valence-electron chi connectivity index (χ4n) is 3.69. The van der Waals surface area contributed by atoms with Crippen molar-refractivity contribution in [2.75, 3.05) is 0 Å². The molecule has 1 aromatic rings. The molecule has 1 aliphatic rings. The van der Waals surface area contributed by atoms with E-state index in [0.717, 1.165) is 34.8 Å². The average molecular weight is 386 g/mol. The van der Waals surface area contributed by atoms with Crippen molar-refractivity contribution in [2.24, 2.45) is 0 Å². The average Bonchev–Trinajstić information content (AvgIpc) is 2.76. The van der Waals surface area contributed by atoms with Gasteiger partial charge in [-0.2, -0.15) is 13.2 Å². The maximum absolute atomic E-state index is 13.4. The van der Waals surface area contributed by atoms with E-state index in [2.05, 4.69) is 20.8 Å². The molecule has 1 heterocycles. The van der Waals surface area contributed by atoms with Gasteiger partial charge in [-0.15, -0.1) is 0 Å². The molecule has 0 bridgehead atoms. The zero-order chi connectivity index (χ0) is 20.0. The molecule has 0 aliphatic carbocycles. The summed E-state index contributed by atoms with van der Waals surface area (Å²) in [5.41, 5.74) is -0.854. The Hall–Kier alpha value is -0.788. The summed E-state index contributed by atoms with van der Waals surface area (Å²) in [5, 5.41) is 0.832. The fourth-order valence-corrected chi connectivity index (χ4v) is 7.61. The molecule has 7 heteroatoms. The molecule has 1 aliphatic heterocycles. The van der Waals surface area contributed by atoms with Crippen LogP contribution in [0, 0.1) is 0 Å². The Labute approximate surface area is 156 Å². The molecule has 0 atom stereocenters. The van der Waals surface area contributed by atoms with Crippen LogP contribution in [0.15, 0.2) is 18.2 Å². The van der Waals surface area contributed by atoms with E-state index in [0.29, 0.717) is 0 Å². The molecule has 2 rings (SSSR count). The second kappa shape index (κ2) is 6.99. The van der Waals surface area contributed by atoms with Gasteiger partial charge in [0.1, 0.15) is 0 Å². The van der Waals surface area contributed by atoms with Gasteiger partial charge in [0.25, 0.3) is 0 Å². The molecule has 0 spiro atoms. The summed E-state index contributed by atoms with van der Waals surface area (Å²) >= 11 is 0. The Morgan fingerprint density at radius 3 is 1.77 bits per heavy atom.